The summed E-state index contributed by atoms with van der Waals surface area (Å²) < 4.78 is 87.7. The fraction of sp³-hybridized carbons (Fsp3) is 0.915. The molecular weight excluding hydrogens is 1470 g/mol. The van der Waals surface area contributed by atoms with E-state index in [2.05, 4.69) is 21.3 Å². The minimum absolute atomic E-state index is 0.771. The minimum Gasteiger partial charge on any atom is -0.477 e. The lowest BCUT2D eigenvalue weighted by Crippen LogP contribution is -2.71. The second kappa shape index (κ2) is 38.1. The van der Waals surface area contributed by atoms with Gasteiger partial charge in [-0.3, -0.25) is 19.2 Å². The third kappa shape index (κ3) is 19.6. The van der Waals surface area contributed by atoms with Gasteiger partial charge in [0.1, 0.15) is 189 Å². The van der Waals surface area contributed by atoms with Crippen LogP contribution in [0.25, 0.3) is 0 Å². The second-order valence-electron chi connectivity index (χ2n) is 26.8. The highest BCUT2D eigenvalue weighted by atomic mass is 16.8. The molecule has 28 N–H and O–H groups in total. The Morgan fingerprint density at radius 3 is 1.23 bits per heavy atom. The monoisotopic (exact) mass is 1570 g/mol. The predicted octanol–water partition coefficient (Wildman–Crippen LogP) is -18.7. The van der Waals surface area contributed by atoms with Crippen molar-refractivity contribution < 1.29 is 218 Å². The van der Waals surface area contributed by atoms with Crippen LogP contribution >= 0.6 is 0 Å². The van der Waals surface area contributed by atoms with Gasteiger partial charge in [0.05, 0.1) is 65.0 Å². The van der Waals surface area contributed by atoms with Crippen LogP contribution in [0.15, 0.2) is 0 Å². The van der Waals surface area contributed by atoms with E-state index in [9.17, 15) is 147 Å². The summed E-state index contributed by atoms with van der Waals surface area (Å²) in [5.41, 5.74) is 0. The van der Waals surface area contributed by atoms with Gasteiger partial charge in [-0.2, -0.15) is 0 Å². The third-order valence-electron chi connectivity index (χ3n) is 19.2. The van der Waals surface area contributed by atoms with E-state index in [1.165, 1.54) is 0 Å². The molecule has 0 aliphatic carbocycles. The standard InChI is InChI=1S/C59H98N4O44/c1-14(71)60-27-18(75)5-59(58(91)92,106-47(27)31(77)19(76)6-64)107-49-34(80)22(9-67)96-56(43(49)89)103-46-25(12-70)99-53(30(38(46)84)63-17(4)74)105-50-40(86)33(79)21(8-66)97-57(50)104-48-35(81)26(13-93-54-41(87)39(85)32(78)20(7-65)95-54)100-55(42(48)88)102-45-24(11-69)98-52(29(37(45)83)62-16(3)73)101-44-23(10-68)94-51(90)28(36(44)82)61-15(2)72/h18-57,64-70,75-90H,5-13H2,1-4H3,(H,60,71)(H,61,72)(H,62,73)(H,63,74)(H,91,92)/t18-,19+,20+,21+,22+,23+,24+,25+,26+,27+,28+,29+,30+,31+,32+,33+,34-,35+,36+,37+,38+,39-,40-,41-,42-,43+,44+,45+,46+,47+,48-,49-,50-,51+,52-,53+,54-,55-,56-,57+,59-/m0/s1. The summed E-state index contributed by atoms with van der Waals surface area (Å²) in [4.78, 5) is 63.3. The van der Waals surface area contributed by atoms with Crippen LogP contribution in [0.1, 0.15) is 34.1 Å². The van der Waals surface area contributed by atoms with Crippen LogP contribution in [0, 0.1) is 0 Å². The van der Waals surface area contributed by atoms with Gasteiger partial charge in [0, 0.05) is 34.1 Å². The highest BCUT2D eigenvalue weighted by Gasteiger charge is 2.63. The quantitative estimate of drug-likeness (QED) is 0.0331. The molecule has 4 amide bonds. The molecule has 0 spiro atoms. The van der Waals surface area contributed by atoms with E-state index >= 15 is 0 Å². The van der Waals surface area contributed by atoms with Gasteiger partial charge in [-0.15, -0.1) is 0 Å². The molecule has 0 radical (unpaired) electrons. The van der Waals surface area contributed by atoms with Gasteiger partial charge in [-0.25, -0.2) is 4.79 Å². The molecule has 0 aromatic heterocycles. The molecule has 0 aromatic carbocycles. The van der Waals surface area contributed by atoms with Gasteiger partial charge in [-0.05, 0) is 0 Å². The van der Waals surface area contributed by atoms with Crippen molar-refractivity contribution in [2.75, 3.05) is 52.9 Å². The number of hydrogen-bond acceptors (Lipinski definition) is 43. The number of carbonyl (C=O) groups is 5. The first-order valence-electron chi connectivity index (χ1n) is 33.7. The Hall–Kier alpha value is -4.17. The fourth-order valence-corrected chi connectivity index (χ4v) is 13.7. The molecule has 48 nitrogen and oxygen atoms in total. The van der Waals surface area contributed by atoms with Crippen molar-refractivity contribution in [2.45, 2.75) is 285 Å². The number of amides is 4. The fourth-order valence-electron chi connectivity index (χ4n) is 13.7. The number of hydrogen-bond donors (Lipinski definition) is 28. The maximum atomic E-state index is 13.2. The highest BCUT2D eigenvalue weighted by Crippen LogP contribution is 2.41. The van der Waals surface area contributed by atoms with Crippen molar-refractivity contribution in [3.63, 3.8) is 0 Å². The van der Waals surface area contributed by atoms with Crippen LogP contribution in [0.5, 0.6) is 0 Å². The molecule has 618 valence electrons. The number of carboxylic acid groups (broad SMARTS) is 1. The van der Waals surface area contributed by atoms with E-state index in [0.29, 0.717) is 0 Å². The lowest BCUT2D eigenvalue weighted by atomic mass is 9.88. The number of aliphatic hydroxyl groups is 23. The number of nitrogens with one attached hydrogen (secondary N) is 4. The summed E-state index contributed by atoms with van der Waals surface area (Å²) in [6.07, 6.45) is -78.1. The van der Waals surface area contributed by atoms with Crippen LogP contribution in [0.2, 0.25) is 0 Å². The lowest BCUT2D eigenvalue weighted by molar-refractivity contribution is -0.400. The molecule has 8 aliphatic rings. The number of carbonyl (C=O) groups excluding carboxylic acids is 4. The largest absolute Gasteiger partial charge is 0.477 e. The maximum Gasteiger partial charge on any atom is 0.364 e. The first kappa shape index (κ1) is 88.4. The molecule has 8 rings (SSSR count). The summed E-state index contributed by atoms with van der Waals surface area (Å²) in [7, 11) is 0. The first-order valence-corrected chi connectivity index (χ1v) is 33.7. The molecule has 0 saturated carbocycles. The molecular formula is C59H98N4O44. The molecule has 8 saturated heterocycles. The molecule has 8 fully saturated rings. The summed E-state index contributed by atoms with van der Waals surface area (Å²) in [6.45, 7) is -5.15. The number of carboxylic acids is 1. The van der Waals surface area contributed by atoms with Crippen LogP contribution in [0.3, 0.4) is 0 Å². The smallest absolute Gasteiger partial charge is 0.364 e. The Labute approximate surface area is 605 Å². The van der Waals surface area contributed by atoms with E-state index in [-0.39, 0.29) is 0 Å². The molecule has 8 heterocycles. The van der Waals surface area contributed by atoms with E-state index in [1.807, 2.05) is 0 Å². The zero-order chi connectivity index (χ0) is 79.3. The van der Waals surface area contributed by atoms with Gasteiger partial charge >= 0.3 is 5.97 Å². The molecule has 41 atom stereocenters. The number of rotatable bonds is 29. The Balaban J connectivity index is 1.09. The van der Waals surface area contributed by atoms with Crippen molar-refractivity contribution in [3.8, 4) is 0 Å². The normalized spacial score (nSPS) is 46.9. The molecule has 0 bridgehead atoms. The molecule has 0 aromatic rings. The average Bonchev–Trinajstić information content (AvgIpc) is 0.756. The van der Waals surface area contributed by atoms with Gasteiger partial charge in [0.2, 0.25) is 23.6 Å². The summed E-state index contributed by atoms with van der Waals surface area (Å²) in [5, 5.41) is 274. The van der Waals surface area contributed by atoms with Crippen molar-refractivity contribution in [2.24, 2.45) is 0 Å². The van der Waals surface area contributed by atoms with Crippen molar-refractivity contribution in [3.05, 3.63) is 0 Å². The zero-order valence-electron chi connectivity index (χ0n) is 57.4. The summed E-state index contributed by atoms with van der Waals surface area (Å²) in [6, 6.07) is -7.29. The van der Waals surface area contributed by atoms with Gasteiger partial charge in [0.15, 0.2) is 44.0 Å². The SMILES string of the molecule is CC(=O)N[C@@H]1[C@@H](O)[C@H](O[C@@H]2O[C@H](CO)[C@@H](O[C@@H]3O[C@H](CO[C@H]4O[C@H](CO)[C@@H](O)[C@H](O)[C@@H]4O)[C@@H](O)[C@H](O[C@H]4O[C@H](CO)[C@@H](O)[C@H](O)[C@@H]4O[C@H]4O[C@H](CO)[C@@H](O[C@@H]5O[C@H](CO)[C@H](O)[C@H](O[C@]6(C(=O)O)C[C@H](O)[C@@H](NC(C)=O)[C@H]([C@H](O)[C@H](O)CO)O6)[C@H]5O)[C@H](O)[C@H]4NC(C)=O)[C@@H]3O)[C@H](O)[C@H]2NC(C)=O)[C@@H](CO)O[C@H]1O. The van der Waals surface area contributed by atoms with Crippen LogP contribution < -0.4 is 21.3 Å². The van der Waals surface area contributed by atoms with Crippen molar-refractivity contribution in [1.82, 2.24) is 21.3 Å². The van der Waals surface area contributed by atoms with Crippen molar-refractivity contribution in [1.29, 1.82) is 0 Å². The Morgan fingerprint density at radius 2 is 0.757 bits per heavy atom. The molecule has 48 heteroatoms. The Bertz CT molecular complexity index is 2870. The highest BCUT2D eigenvalue weighted by molar-refractivity contribution is 5.77. The minimum atomic E-state index is -3.28. The summed E-state index contributed by atoms with van der Waals surface area (Å²) >= 11 is 0. The van der Waals surface area contributed by atoms with E-state index in [4.69, 9.17) is 71.1 Å². The third-order valence-corrected chi connectivity index (χ3v) is 19.2. The second-order valence-corrected chi connectivity index (χ2v) is 26.8. The first-order chi connectivity index (χ1) is 50.4. The van der Waals surface area contributed by atoms with Gasteiger partial charge < -0.3 is 215 Å². The topological polar surface area (TPSA) is 757 Å². The van der Waals surface area contributed by atoms with Crippen LogP contribution in [-0.2, 0) is 95.0 Å². The van der Waals surface area contributed by atoms with Crippen LogP contribution in [-0.4, -0.2) is 456 Å². The van der Waals surface area contributed by atoms with Crippen molar-refractivity contribution >= 4 is 29.6 Å². The van der Waals surface area contributed by atoms with Gasteiger partial charge in [0.25, 0.3) is 5.79 Å². The maximum absolute atomic E-state index is 13.2. The zero-order valence-corrected chi connectivity index (χ0v) is 57.4. The molecule has 8 aliphatic heterocycles. The number of ether oxygens (including phenoxy) is 15. The predicted molar refractivity (Wildman–Crippen MR) is 328 cm³/mol. The molecule has 0 unspecified atom stereocenters. The van der Waals surface area contributed by atoms with E-state index < -0.39 is 340 Å². The van der Waals surface area contributed by atoms with Crippen LogP contribution in [0.4, 0.5) is 0 Å². The lowest BCUT2D eigenvalue weighted by Gasteiger charge is -2.51. The molecule has 107 heavy (non-hydrogen) atoms. The Morgan fingerprint density at radius 1 is 0.383 bits per heavy atom. The average molecular weight is 1570 g/mol. The van der Waals surface area contributed by atoms with E-state index in [0.717, 1.165) is 27.7 Å². The summed E-state index contributed by atoms with van der Waals surface area (Å²) in [5.74, 6) is -8.99. The number of aliphatic carboxylic acids is 1. The van der Waals surface area contributed by atoms with E-state index in [1.54, 1.807) is 0 Å². The number of aliphatic hydroxyl groups excluding tert-OH is 23. The Kier molecular flexibility index (Phi) is 31.5. The van der Waals surface area contributed by atoms with Gasteiger partial charge in [-0.1, -0.05) is 0 Å².